The zero-order valence-electron chi connectivity index (χ0n) is 9.21. The van der Waals surface area contributed by atoms with Crippen molar-refractivity contribution in [1.82, 2.24) is 14.5 Å². The molecule has 4 nitrogen and oxygen atoms in total. The Hall–Kier alpha value is -1.72. The molecule has 0 N–H and O–H groups in total. The Balaban J connectivity index is 2.00. The highest BCUT2D eigenvalue weighted by Crippen LogP contribution is 2.22. The molecule has 0 radical (unpaired) electrons. The molecule has 0 aliphatic carbocycles. The van der Waals surface area contributed by atoms with E-state index in [1.807, 2.05) is 29.0 Å². The third-order valence-corrected chi connectivity index (χ3v) is 3.57. The van der Waals surface area contributed by atoms with Gasteiger partial charge in [-0.1, -0.05) is 29.0 Å². The van der Waals surface area contributed by atoms with Crippen molar-refractivity contribution >= 4 is 22.9 Å². The van der Waals surface area contributed by atoms with Gasteiger partial charge in [0.1, 0.15) is 5.15 Å². The van der Waals surface area contributed by atoms with Crippen LogP contribution in [-0.2, 0) is 6.54 Å². The first-order valence-corrected chi connectivity index (χ1v) is 6.48. The van der Waals surface area contributed by atoms with Crippen LogP contribution in [0.3, 0.4) is 0 Å². The summed E-state index contributed by atoms with van der Waals surface area (Å²) in [5.74, 6) is 0.711. The highest BCUT2D eigenvalue weighted by atomic mass is 35.5. The average molecular weight is 278 g/mol. The van der Waals surface area contributed by atoms with Crippen molar-refractivity contribution in [1.29, 1.82) is 0 Å². The standard InChI is InChI=1S/C12H8ClN3OS/c13-10-4-3-8(6-14-10)7-16-5-1-2-9-11(16)15-12(17)18-9/h1-6H,7H2. The number of hydrogen-bond donors (Lipinski definition) is 0. The molecule has 90 valence electrons. The lowest BCUT2D eigenvalue weighted by Crippen LogP contribution is -2.05. The summed E-state index contributed by atoms with van der Waals surface area (Å²) >= 11 is 6.90. The minimum Gasteiger partial charge on any atom is -0.327 e. The Kier molecular flexibility index (Phi) is 2.85. The molecule has 0 fully saturated rings. The van der Waals surface area contributed by atoms with E-state index in [0.717, 1.165) is 21.8 Å². The minimum absolute atomic E-state index is 0.167. The molecule has 3 heterocycles. The fraction of sp³-hybridized carbons (Fsp3) is 0.0833. The third kappa shape index (κ3) is 2.14. The molecule has 2 aliphatic rings. The normalized spacial score (nSPS) is 10.9. The van der Waals surface area contributed by atoms with Crippen molar-refractivity contribution in [2.24, 2.45) is 0 Å². The van der Waals surface area contributed by atoms with E-state index in [1.165, 1.54) is 0 Å². The quantitative estimate of drug-likeness (QED) is 0.676. The van der Waals surface area contributed by atoms with Crippen LogP contribution in [0.2, 0.25) is 5.15 Å². The monoisotopic (exact) mass is 277 g/mol. The van der Waals surface area contributed by atoms with E-state index in [2.05, 4.69) is 9.97 Å². The van der Waals surface area contributed by atoms with Crippen LogP contribution in [0.15, 0.2) is 41.5 Å². The molecule has 6 heteroatoms. The van der Waals surface area contributed by atoms with Crippen molar-refractivity contribution in [3.63, 3.8) is 0 Å². The van der Waals surface area contributed by atoms with Crippen molar-refractivity contribution in [2.45, 2.75) is 6.54 Å². The number of hydrogen-bond acceptors (Lipinski definition) is 4. The molecule has 0 atom stereocenters. The molecule has 1 aromatic heterocycles. The minimum atomic E-state index is -0.167. The zero-order chi connectivity index (χ0) is 12.5. The van der Waals surface area contributed by atoms with Crippen LogP contribution >= 0.6 is 22.9 Å². The summed E-state index contributed by atoms with van der Waals surface area (Å²) in [6.45, 7) is 0.616. The van der Waals surface area contributed by atoms with Crippen molar-refractivity contribution in [3.8, 4) is 10.7 Å². The van der Waals surface area contributed by atoms with E-state index in [0.29, 0.717) is 17.5 Å². The van der Waals surface area contributed by atoms with Gasteiger partial charge in [0.2, 0.25) is 0 Å². The molecule has 0 unspecified atom stereocenters. The first-order chi connectivity index (χ1) is 8.72. The van der Waals surface area contributed by atoms with E-state index < -0.39 is 0 Å². The zero-order valence-corrected chi connectivity index (χ0v) is 10.8. The molecule has 0 bridgehead atoms. The second-order valence-electron chi connectivity index (χ2n) is 3.79. The van der Waals surface area contributed by atoms with Gasteiger partial charge in [0.25, 0.3) is 0 Å². The van der Waals surface area contributed by atoms with Crippen molar-refractivity contribution in [3.05, 3.63) is 57.0 Å². The number of nitrogens with zero attached hydrogens (tertiary/aromatic N) is 3. The Labute approximate surface area is 112 Å². The Bertz CT molecular complexity index is 704. The number of rotatable bonds is 2. The van der Waals surface area contributed by atoms with Crippen LogP contribution in [0.5, 0.6) is 0 Å². The van der Waals surface area contributed by atoms with E-state index in [-0.39, 0.29) is 4.87 Å². The molecular formula is C12H8ClN3OS. The highest BCUT2D eigenvalue weighted by Gasteiger charge is 2.11. The van der Waals surface area contributed by atoms with Gasteiger partial charge in [-0.2, -0.15) is 4.98 Å². The summed E-state index contributed by atoms with van der Waals surface area (Å²) in [6, 6.07) is 7.46. The molecule has 18 heavy (non-hydrogen) atoms. The van der Waals surface area contributed by atoms with Gasteiger partial charge in [-0.3, -0.25) is 4.79 Å². The van der Waals surface area contributed by atoms with Crippen molar-refractivity contribution in [2.75, 3.05) is 0 Å². The summed E-state index contributed by atoms with van der Waals surface area (Å²) in [7, 11) is 0. The predicted molar refractivity (Wildman–Crippen MR) is 71.3 cm³/mol. The van der Waals surface area contributed by atoms with Gasteiger partial charge in [-0.15, -0.1) is 0 Å². The topological polar surface area (TPSA) is 47.8 Å². The maximum atomic E-state index is 11.3. The summed E-state index contributed by atoms with van der Waals surface area (Å²) in [5, 5.41) is 0.470. The van der Waals surface area contributed by atoms with Gasteiger partial charge in [0, 0.05) is 12.4 Å². The number of pyridine rings is 2. The van der Waals surface area contributed by atoms with Crippen LogP contribution < -0.4 is 4.87 Å². The predicted octanol–water partition coefficient (Wildman–Crippen LogP) is 2.51. The molecule has 0 spiro atoms. The van der Waals surface area contributed by atoms with Gasteiger partial charge in [-0.25, -0.2) is 4.98 Å². The van der Waals surface area contributed by atoms with Gasteiger partial charge in [-0.05, 0) is 23.8 Å². The first kappa shape index (κ1) is 11.4. The van der Waals surface area contributed by atoms with Crippen LogP contribution in [0.25, 0.3) is 10.7 Å². The molecular weight excluding hydrogens is 270 g/mol. The van der Waals surface area contributed by atoms with Gasteiger partial charge < -0.3 is 4.57 Å². The van der Waals surface area contributed by atoms with E-state index in [9.17, 15) is 4.79 Å². The first-order valence-electron chi connectivity index (χ1n) is 5.29. The fourth-order valence-electron chi connectivity index (χ4n) is 1.75. The SMILES string of the molecule is O=c1nc2n(Cc3ccc(Cl)nc3)cccc-2s1. The fourth-order valence-corrected chi connectivity index (χ4v) is 2.58. The highest BCUT2D eigenvalue weighted by molar-refractivity contribution is 7.12. The number of aromatic nitrogens is 3. The van der Waals surface area contributed by atoms with Gasteiger partial charge >= 0.3 is 4.87 Å². The van der Waals surface area contributed by atoms with Crippen LogP contribution in [0.4, 0.5) is 0 Å². The van der Waals surface area contributed by atoms with Crippen molar-refractivity contribution < 1.29 is 0 Å². The summed E-state index contributed by atoms with van der Waals surface area (Å²) in [5.41, 5.74) is 1.01. The summed E-state index contributed by atoms with van der Waals surface area (Å²) < 4.78 is 1.93. The number of thiazole rings is 1. The molecule has 3 rings (SSSR count). The largest absolute Gasteiger partial charge is 0.329 e. The second kappa shape index (κ2) is 4.51. The number of fused-ring (bicyclic) bond motifs is 1. The molecule has 1 aromatic rings. The molecule has 0 aromatic carbocycles. The van der Waals surface area contributed by atoms with E-state index in [1.54, 1.807) is 12.3 Å². The average Bonchev–Trinajstić information content (AvgIpc) is 2.73. The van der Waals surface area contributed by atoms with Crippen LogP contribution in [0.1, 0.15) is 5.56 Å². The molecule has 2 aliphatic heterocycles. The smallest absolute Gasteiger partial charge is 0.327 e. The maximum absolute atomic E-state index is 11.3. The molecule has 0 saturated heterocycles. The summed E-state index contributed by atoms with van der Waals surface area (Å²) in [6.07, 6.45) is 3.62. The molecule has 0 saturated carbocycles. The molecule has 0 amide bonds. The Morgan fingerprint density at radius 1 is 1.33 bits per heavy atom. The lowest BCUT2D eigenvalue weighted by atomic mass is 10.2. The number of halogens is 1. The maximum Gasteiger partial charge on any atom is 0.329 e. The van der Waals surface area contributed by atoms with Crippen LogP contribution in [-0.4, -0.2) is 14.5 Å². The lowest BCUT2D eigenvalue weighted by molar-refractivity contribution is 0.780. The van der Waals surface area contributed by atoms with Crippen LogP contribution in [0, 0.1) is 0 Å². The van der Waals surface area contributed by atoms with E-state index >= 15 is 0 Å². The third-order valence-electron chi connectivity index (χ3n) is 2.54. The Morgan fingerprint density at radius 3 is 3.00 bits per heavy atom. The van der Waals surface area contributed by atoms with Gasteiger partial charge in [0.15, 0.2) is 5.82 Å². The Morgan fingerprint density at radius 2 is 2.22 bits per heavy atom. The second-order valence-corrected chi connectivity index (χ2v) is 5.17. The van der Waals surface area contributed by atoms with Gasteiger partial charge in [0.05, 0.1) is 11.4 Å². The lowest BCUT2D eigenvalue weighted by Gasteiger charge is -2.10. The summed E-state index contributed by atoms with van der Waals surface area (Å²) in [4.78, 5) is 20.1. The van der Waals surface area contributed by atoms with E-state index in [4.69, 9.17) is 11.6 Å².